The van der Waals surface area contributed by atoms with Crippen molar-refractivity contribution in [3.63, 3.8) is 0 Å². The van der Waals surface area contributed by atoms with Crippen LogP contribution in [0.2, 0.25) is 0 Å². The standard InChI is InChI=1S/C21H18FN3O2/c1-13-11-17(16-7-2-3-8-18(16)24-13)21(27)25-10-9-23-20(26)19(25)14-5-4-6-15(22)12-14/h2-8,11-12,19H,9-10H2,1H3,(H,23,26)/t19-/m0/s1. The number of carbonyl (C=O) groups excluding carboxylic acids is 2. The fourth-order valence-corrected chi connectivity index (χ4v) is 3.53. The lowest BCUT2D eigenvalue weighted by Gasteiger charge is -2.35. The van der Waals surface area contributed by atoms with Gasteiger partial charge in [0.2, 0.25) is 5.91 Å². The first-order chi connectivity index (χ1) is 13.0. The second-order valence-electron chi connectivity index (χ2n) is 6.58. The van der Waals surface area contributed by atoms with Gasteiger partial charge in [-0.2, -0.15) is 0 Å². The first kappa shape index (κ1) is 17.1. The molecule has 0 aliphatic carbocycles. The number of aryl methyl sites for hydroxylation is 1. The molecule has 2 heterocycles. The van der Waals surface area contributed by atoms with E-state index in [0.717, 1.165) is 16.6 Å². The summed E-state index contributed by atoms with van der Waals surface area (Å²) in [5.74, 6) is -1.01. The Hall–Kier alpha value is -3.28. The summed E-state index contributed by atoms with van der Waals surface area (Å²) < 4.78 is 13.7. The zero-order valence-electron chi connectivity index (χ0n) is 14.8. The number of amides is 2. The zero-order chi connectivity index (χ0) is 19.0. The van der Waals surface area contributed by atoms with E-state index < -0.39 is 11.9 Å². The van der Waals surface area contributed by atoms with Crippen LogP contribution in [0.15, 0.2) is 54.6 Å². The second-order valence-corrected chi connectivity index (χ2v) is 6.58. The molecule has 1 aromatic heterocycles. The number of nitrogens with zero attached hydrogens (tertiary/aromatic N) is 2. The largest absolute Gasteiger partial charge is 0.352 e. The van der Waals surface area contributed by atoms with E-state index in [1.54, 1.807) is 18.2 Å². The molecule has 27 heavy (non-hydrogen) atoms. The van der Waals surface area contributed by atoms with Gasteiger partial charge in [-0.3, -0.25) is 14.6 Å². The molecule has 4 rings (SSSR count). The summed E-state index contributed by atoms with van der Waals surface area (Å²) in [5, 5.41) is 3.50. The number of piperazine rings is 1. The van der Waals surface area contributed by atoms with Crippen LogP contribution < -0.4 is 5.32 Å². The molecule has 1 atom stereocenters. The SMILES string of the molecule is Cc1cc(C(=O)N2CCNC(=O)[C@@H]2c2cccc(F)c2)c2ccccc2n1. The Labute approximate surface area is 155 Å². The van der Waals surface area contributed by atoms with E-state index in [1.165, 1.54) is 17.0 Å². The molecule has 1 N–H and O–H groups in total. The van der Waals surface area contributed by atoms with E-state index in [2.05, 4.69) is 10.3 Å². The number of benzene rings is 2. The van der Waals surface area contributed by atoms with Gasteiger partial charge in [0.1, 0.15) is 11.9 Å². The highest BCUT2D eigenvalue weighted by Crippen LogP contribution is 2.28. The van der Waals surface area contributed by atoms with Crippen LogP contribution in [0.5, 0.6) is 0 Å². The number of nitrogens with one attached hydrogen (secondary N) is 1. The predicted molar refractivity (Wildman–Crippen MR) is 99.7 cm³/mol. The van der Waals surface area contributed by atoms with Crippen molar-refractivity contribution in [1.29, 1.82) is 0 Å². The number of hydrogen-bond donors (Lipinski definition) is 1. The highest BCUT2D eigenvalue weighted by atomic mass is 19.1. The monoisotopic (exact) mass is 363 g/mol. The molecule has 1 saturated heterocycles. The predicted octanol–water partition coefficient (Wildman–Crippen LogP) is 3.00. The van der Waals surface area contributed by atoms with E-state index in [1.807, 2.05) is 31.2 Å². The summed E-state index contributed by atoms with van der Waals surface area (Å²) in [4.78, 5) is 31.9. The lowest BCUT2D eigenvalue weighted by molar-refractivity contribution is -0.128. The number of halogens is 1. The molecule has 0 radical (unpaired) electrons. The van der Waals surface area contributed by atoms with Crippen molar-refractivity contribution in [2.24, 2.45) is 0 Å². The number of pyridine rings is 1. The Morgan fingerprint density at radius 3 is 2.81 bits per heavy atom. The Kier molecular flexibility index (Phi) is 4.32. The minimum Gasteiger partial charge on any atom is -0.352 e. The Morgan fingerprint density at radius 1 is 1.19 bits per heavy atom. The van der Waals surface area contributed by atoms with Crippen LogP contribution >= 0.6 is 0 Å². The Bertz CT molecular complexity index is 1050. The first-order valence-electron chi connectivity index (χ1n) is 8.75. The molecular formula is C21H18FN3O2. The van der Waals surface area contributed by atoms with Crippen molar-refractivity contribution in [3.05, 3.63) is 77.2 Å². The van der Waals surface area contributed by atoms with Crippen molar-refractivity contribution < 1.29 is 14.0 Å². The molecule has 1 aliphatic rings. The summed E-state index contributed by atoms with van der Waals surface area (Å²) in [6.07, 6.45) is 0. The summed E-state index contributed by atoms with van der Waals surface area (Å²) in [5.41, 5.74) is 2.40. The quantitative estimate of drug-likeness (QED) is 0.761. The number of hydrogen-bond acceptors (Lipinski definition) is 3. The third-order valence-electron chi connectivity index (χ3n) is 4.71. The molecule has 5 nitrogen and oxygen atoms in total. The normalized spacial score (nSPS) is 17.0. The van der Waals surface area contributed by atoms with E-state index in [4.69, 9.17) is 0 Å². The van der Waals surface area contributed by atoms with Crippen molar-refractivity contribution in [1.82, 2.24) is 15.2 Å². The van der Waals surface area contributed by atoms with Gasteiger partial charge in [0.15, 0.2) is 0 Å². The van der Waals surface area contributed by atoms with E-state index >= 15 is 0 Å². The van der Waals surface area contributed by atoms with Crippen molar-refractivity contribution in [3.8, 4) is 0 Å². The lowest BCUT2D eigenvalue weighted by Crippen LogP contribution is -2.52. The highest BCUT2D eigenvalue weighted by molar-refractivity contribution is 6.07. The van der Waals surface area contributed by atoms with Crippen LogP contribution in [0.1, 0.15) is 27.7 Å². The molecule has 0 unspecified atom stereocenters. The third kappa shape index (κ3) is 3.14. The Balaban J connectivity index is 1.81. The molecule has 1 fully saturated rings. The number of fused-ring (bicyclic) bond motifs is 1. The van der Waals surface area contributed by atoms with Gasteiger partial charge in [-0.25, -0.2) is 4.39 Å². The molecule has 2 aromatic carbocycles. The number of aromatic nitrogens is 1. The van der Waals surface area contributed by atoms with Gasteiger partial charge in [0.25, 0.3) is 5.91 Å². The third-order valence-corrected chi connectivity index (χ3v) is 4.71. The molecule has 0 spiro atoms. The maximum atomic E-state index is 13.7. The van der Waals surface area contributed by atoms with Crippen LogP contribution in [0.4, 0.5) is 4.39 Å². The van der Waals surface area contributed by atoms with Gasteiger partial charge < -0.3 is 10.2 Å². The van der Waals surface area contributed by atoms with Gasteiger partial charge in [0.05, 0.1) is 11.1 Å². The van der Waals surface area contributed by atoms with Gasteiger partial charge in [0, 0.05) is 24.2 Å². The molecule has 0 saturated carbocycles. The fourth-order valence-electron chi connectivity index (χ4n) is 3.53. The van der Waals surface area contributed by atoms with Crippen LogP contribution in [0.25, 0.3) is 10.9 Å². The molecule has 0 bridgehead atoms. The average Bonchev–Trinajstić information content (AvgIpc) is 2.66. The van der Waals surface area contributed by atoms with Crippen LogP contribution in [0, 0.1) is 12.7 Å². The van der Waals surface area contributed by atoms with Crippen molar-refractivity contribution in [2.45, 2.75) is 13.0 Å². The van der Waals surface area contributed by atoms with Gasteiger partial charge in [-0.15, -0.1) is 0 Å². The van der Waals surface area contributed by atoms with Gasteiger partial charge in [-0.05, 0) is 36.8 Å². The molecule has 3 aromatic rings. The van der Waals surface area contributed by atoms with Crippen LogP contribution in [0.3, 0.4) is 0 Å². The summed E-state index contributed by atoms with van der Waals surface area (Å²) in [7, 11) is 0. The summed E-state index contributed by atoms with van der Waals surface area (Å²) >= 11 is 0. The number of carbonyl (C=O) groups is 2. The smallest absolute Gasteiger partial charge is 0.255 e. The molecule has 6 heteroatoms. The lowest BCUT2D eigenvalue weighted by atomic mass is 9.99. The van der Waals surface area contributed by atoms with Gasteiger partial charge in [-0.1, -0.05) is 30.3 Å². The Morgan fingerprint density at radius 2 is 2.00 bits per heavy atom. The average molecular weight is 363 g/mol. The summed E-state index contributed by atoms with van der Waals surface area (Å²) in [6.45, 7) is 2.54. The zero-order valence-corrected chi connectivity index (χ0v) is 14.8. The number of para-hydroxylation sites is 1. The van der Waals surface area contributed by atoms with Crippen LogP contribution in [-0.4, -0.2) is 34.8 Å². The molecule has 2 amide bonds. The van der Waals surface area contributed by atoms with E-state index in [9.17, 15) is 14.0 Å². The summed E-state index contributed by atoms with van der Waals surface area (Å²) in [6, 6.07) is 14.1. The molecule has 1 aliphatic heterocycles. The van der Waals surface area contributed by atoms with Crippen molar-refractivity contribution >= 4 is 22.7 Å². The maximum absolute atomic E-state index is 13.7. The maximum Gasteiger partial charge on any atom is 0.255 e. The second kappa shape index (κ2) is 6.79. The molecule has 136 valence electrons. The minimum absolute atomic E-state index is 0.263. The van der Waals surface area contributed by atoms with Crippen molar-refractivity contribution in [2.75, 3.05) is 13.1 Å². The van der Waals surface area contributed by atoms with E-state index in [0.29, 0.717) is 24.2 Å². The highest BCUT2D eigenvalue weighted by Gasteiger charge is 2.35. The topological polar surface area (TPSA) is 62.3 Å². The number of rotatable bonds is 2. The molecular weight excluding hydrogens is 345 g/mol. The first-order valence-corrected chi connectivity index (χ1v) is 8.75. The van der Waals surface area contributed by atoms with Crippen LogP contribution in [-0.2, 0) is 4.79 Å². The van der Waals surface area contributed by atoms with Gasteiger partial charge >= 0.3 is 0 Å². The fraction of sp³-hybridized carbons (Fsp3) is 0.190. The van der Waals surface area contributed by atoms with E-state index in [-0.39, 0.29) is 11.8 Å². The minimum atomic E-state index is -0.866.